The summed E-state index contributed by atoms with van der Waals surface area (Å²) in [7, 11) is 0. The predicted molar refractivity (Wildman–Crippen MR) is 108 cm³/mol. The van der Waals surface area contributed by atoms with E-state index >= 15 is 0 Å². The monoisotopic (exact) mass is 398 g/mol. The van der Waals surface area contributed by atoms with Gasteiger partial charge in [0, 0.05) is 12.6 Å². The van der Waals surface area contributed by atoms with E-state index in [1.807, 2.05) is 42.8 Å². The first-order valence-corrected chi connectivity index (χ1v) is 10.2. The molecule has 0 radical (unpaired) electrons. The van der Waals surface area contributed by atoms with Gasteiger partial charge in [-0.05, 0) is 60.4 Å². The van der Waals surface area contributed by atoms with Crippen LogP contribution in [0, 0.1) is 0 Å². The number of thiophene rings is 1. The molecule has 146 valence electrons. The quantitative estimate of drug-likeness (QED) is 0.742. The Kier molecular flexibility index (Phi) is 4.80. The number of rotatable bonds is 3. The number of carbonyl (C=O) groups is 3. The summed E-state index contributed by atoms with van der Waals surface area (Å²) in [4.78, 5) is 39.7. The van der Waals surface area contributed by atoms with Crippen LogP contribution in [0.4, 0.5) is 10.5 Å². The Morgan fingerprint density at radius 3 is 2.79 bits per heavy atom. The van der Waals surface area contributed by atoms with E-state index < -0.39 is 12.1 Å². The van der Waals surface area contributed by atoms with Crippen LogP contribution in [0.5, 0.6) is 0 Å². The number of hydrogen-bond donors (Lipinski definition) is 3. The lowest BCUT2D eigenvalue weighted by Crippen LogP contribution is -2.54. The maximum atomic E-state index is 13.2. The number of nitrogens with zero attached hydrogens (tertiary/aromatic N) is 1. The average Bonchev–Trinajstić information content (AvgIpc) is 3.28. The number of hydrogen-bond acceptors (Lipinski definition) is 4. The molecule has 8 heteroatoms. The van der Waals surface area contributed by atoms with Crippen molar-refractivity contribution in [3.8, 4) is 11.1 Å². The third-order valence-corrected chi connectivity index (χ3v) is 5.71. The number of nitrogens with one attached hydrogen (secondary N) is 3. The topological polar surface area (TPSA) is 90.5 Å². The Morgan fingerprint density at radius 2 is 2.07 bits per heavy atom. The number of amides is 4. The number of benzene rings is 1. The predicted octanol–water partition coefficient (Wildman–Crippen LogP) is 2.66. The minimum absolute atomic E-state index is 0.0121. The van der Waals surface area contributed by atoms with Crippen LogP contribution in [0.2, 0.25) is 0 Å². The molecule has 3 heterocycles. The fourth-order valence-corrected chi connectivity index (χ4v) is 4.43. The van der Waals surface area contributed by atoms with E-state index in [1.54, 1.807) is 22.3 Å². The van der Waals surface area contributed by atoms with Gasteiger partial charge in [-0.2, -0.15) is 11.3 Å². The van der Waals surface area contributed by atoms with Crippen LogP contribution in [0.15, 0.2) is 35.0 Å². The van der Waals surface area contributed by atoms with E-state index in [0.717, 1.165) is 11.1 Å². The molecule has 1 saturated heterocycles. The SMILES string of the molecule is CC(C)NC(=O)NC1CCN2C(=O)c3cc(-c4ccsc4)ccc3NC(=O)C12. The van der Waals surface area contributed by atoms with Gasteiger partial charge in [0.05, 0.1) is 17.3 Å². The molecule has 7 nitrogen and oxygen atoms in total. The summed E-state index contributed by atoms with van der Waals surface area (Å²) in [5.74, 6) is -0.466. The molecule has 1 fully saturated rings. The molecule has 4 rings (SSSR count). The van der Waals surface area contributed by atoms with E-state index in [4.69, 9.17) is 0 Å². The second kappa shape index (κ2) is 7.27. The zero-order chi connectivity index (χ0) is 19.8. The Balaban J connectivity index is 1.61. The van der Waals surface area contributed by atoms with Crippen molar-refractivity contribution in [2.45, 2.75) is 38.4 Å². The molecule has 2 aliphatic heterocycles. The maximum absolute atomic E-state index is 13.2. The minimum atomic E-state index is -0.720. The molecule has 0 bridgehead atoms. The van der Waals surface area contributed by atoms with Gasteiger partial charge >= 0.3 is 6.03 Å². The Labute approximate surface area is 167 Å². The molecule has 2 aliphatic rings. The highest BCUT2D eigenvalue weighted by Gasteiger charge is 2.45. The van der Waals surface area contributed by atoms with Gasteiger partial charge in [-0.3, -0.25) is 9.59 Å². The summed E-state index contributed by atoms with van der Waals surface area (Å²) < 4.78 is 0. The summed E-state index contributed by atoms with van der Waals surface area (Å²) in [5, 5.41) is 12.5. The van der Waals surface area contributed by atoms with Crippen molar-refractivity contribution < 1.29 is 14.4 Å². The molecule has 0 saturated carbocycles. The zero-order valence-electron chi connectivity index (χ0n) is 15.7. The van der Waals surface area contributed by atoms with Crippen molar-refractivity contribution in [1.29, 1.82) is 0 Å². The lowest BCUT2D eigenvalue weighted by molar-refractivity contribution is -0.120. The molecule has 4 amide bonds. The van der Waals surface area contributed by atoms with Crippen molar-refractivity contribution in [2.75, 3.05) is 11.9 Å². The standard InChI is InChI=1S/C20H22N4O3S/c1-11(2)21-20(27)23-16-5-7-24-17(16)18(25)22-15-4-3-12(9-14(15)19(24)26)13-6-8-28-10-13/h3-4,6,8-11,16-17H,5,7H2,1-2H3,(H,22,25)(H2,21,23,27). The average molecular weight is 398 g/mol. The summed E-state index contributed by atoms with van der Waals surface area (Å²) >= 11 is 1.59. The Hall–Kier alpha value is -2.87. The number of urea groups is 1. The highest BCUT2D eigenvalue weighted by atomic mass is 32.1. The van der Waals surface area contributed by atoms with Crippen LogP contribution in [0.1, 0.15) is 30.6 Å². The summed E-state index contributed by atoms with van der Waals surface area (Å²) in [6, 6.07) is 6.01. The van der Waals surface area contributed by atoms with Crippen LogP contribution in [0.25, 0.3) is 11.1 Å². The lowest BCUT2D eigenvalue weighted by atomic mass is 10.0. The number of fused-ring (bicyclic) bond motifs is 2. The van der Waals surface area contributed by atoms with Crippen molar-refractivity contribution in [1.82, 2.24) is 15.5 Å². The molecule has 1 aromatic carbocycles. The molecule has 0 aliphatic carbocycles. The van der Waals surface area contributed by atoms with Gasteiger partial charge in [0.1, 0.15) is 6.04 Å². The van der Waals surface area contributed by atoms with Crippen molar-refractivity contribution in [3.05, 3.63) is 40.6 Å². The van der Waals surface area contributed by atoms with Crippen LogP contribution in [-0.4, -0.2) is 47.4 Å². The van der Waals surface area contributed by atoms with Crippen LogP contribution in [0.3, 0.4) is 0 Å². The molecule has 0 spiro atoms. The van der Waals surface area contributed by atoms with Crippen LogP contribution < -0.4 is 16.0 Å². The zero-order valence-corrected chi connectivity index (χ0v) is 16.5. The highest BCUT2D eigenvalue weighted by molar-refractivity contribution is 7.08. The van der Waals surface area contributed by atoms with Gasteiger partial charge in [0.15, 0.2) is 0 Å². The maximum Gasteiger partial charge on any atom is 0.315 e. The van der Waals surface area contributed by atoms with E-state index in [1.165, 1.54) is 0 Å². The number of anilines is 1. The first-order chi connectivity index (χ1) is 13.4. The highest BCUT2D eigenvalue weighted by Crippen LogP contribution is 2.32. The summed E-state index contributed by atoms with van der Waals surface area (Å²) in [6.07, 6.45) is 0.537. The molecule has 2 atom stereocenters. The Morgan fingerprint density at radius 1 is 1.25 bits per heavy atom. The fourth-order valence-electron chi connectivity index (χ4n) is 3.77. The van der Waals surface area contributed by atoms with Gasteiger partial charge in [0.25, 0.3) is 5.91 Å². The van der Waals surface area contributed by atoms with Gasteiger partial charge in [0.2, 0.25) is 5.91 Å². The second-order valence-electron chi connectivity index (χ2n) is 7.37. The van der Waals surface area contributed by atoms with E-state index in [9.17, 15) is 14.4 Å². The van der Waals surface area contributed by atoms with Gasteiger partial charge < -0.3 is 20.9 Å². The second-order valence-corrected chi connectivity index (χ2v) is 8.15. The number of carbonyl (C=O) groups excluding carboxylic acids is 3. The molecule has 3 N–H and O–H groups in total. The largest absolute Gasteiger partial charge is 0.336 e. The van der Waals surface area contributed by atoms with E-state index in [0.29, 0.717) is 24.2 Å². The van der Waals surface area contributed by atoms with Crippen LogP contribution >= 0.6 is 11.3 Å². The van der Waals surface area contributed by atoms with Crippen LogP contribution in [-0.2, 0) is 4.79 Å². The Bertz CT molecular complexity index is 926. The first-order valence-electron chi connectivity index (χ1n) is 9.29. The molecule has 2 aromatic rings. The molecule has 1 aromatic heterocycles. The van der Waals surface area contributed by atoms with Crippen molar-refractivity contribution >= 4 is 34.9 Å². The third kappa shape index (κ3) is 3.35. The lowest BCUT2D eigenvalue weighted by Gasteiger charge is -2.25. The molecule has 2 unspecified atom stereocenters. The van der Waals surface area contributed by atoms with E-state index in [2.05, 4.69) is 16.0 Å². The molecule has 28 heavy (non-hydrogen) atoms. The summed E-state index contributed by atoms with van der Waals surface area (Å²) in [6.45, 7) is 4.15. The smallest absolute Gasteiger partial charge is 0.315 e. The normalized spacial score (nSPS) is 21.0. The van der Waals surface area contributed by atoms with Crippen molar-refractivity contribution in [3.63, 3.8) is 0 Å². The molecular weight excluding hydrogens is 376 g/mol. The van der Waals surface area contributed by atoms with Gasteiger partial charge in [-0.25, -0.2) is 4.79 Å². The van der Waals surface area contributed by atoms with Crippen molar-refractivity contribution in [2.24, 2.45) is 0 Å². The van der Waals surface area contributed by atoms with Gasteiger partial charge in [-0.1, -0.05) is 6.07 Å². The van der Waals surface area contributed by atoms with Gasteiger partial charge in [-0.15, -0.1) is 0 Å². The van der Waals surface area contributed by atoms with E-state index in [-0.39, 0.29) is 23.9 Å². The first kappa shape index (κ1) is 18.5. The fraction of sp³-hybridized carbons (Fsp3) is 0.350. The minimum Gasteiger partial charge on any atom is -0.336 e. The molecular formula is C20H22N4O3S. The summed E-state index contributed by atoms with van der Waals surface area (Å²) in [5.41, 5.74) is 2.96. The third-order valence-electron chi connectivity index (χ3n) is 5.03.